The lowest BCUT2D eigenvalue weighted by molar-refractivity contribution is -0.122. The minimum Gasteiger partial charge on any atom is -0.478 e. The number of amides is 1. The van der Waals surface area contributed by atoms with Gasteiger partial charge in [-0.15, -0.1) is 0 Å². The minimum absolute atomic E-state index is 0.0573. The number of hydrogen-bond donors (Lipinski definition) is 2. The Morgan fingerprint density at radius 2 is 1.94 bits per heavy atom. The zero-order chi connectivity index (χ0) is 11.5. The second-order valence-electron chi connectivity index (χ2n) is 3.97. The Bertz CT molecular complexity index is 424. The molecule has 0 heterocycles. The molecular formula is C12H13NO3. The van der Waals surface area contributed by atoms with Crippen molar-refractivity contribution < 1.29 is 14.7 Å². The maximum absolute atomic E-state index is 11.7. The van der Waals surface area contributed by atoms with Gasteiger partial charge in [-0.3, -0.25) is 4.79 Å². The average molecular weight is 219 g/mol. The summed E-state index contributed by atoms with van der Waals surface area (Å²) < 4.78 is 0. The van der Waals surface area contributed by atoms with E-state index in [2.05, 4.69) is 5.32 Å². The van der Waals surface area contributed by atoms with Crippen molar-refractivity contribution in [3.05, 3.63) is 29.8 Å². The van der Waals surface area contributed by atoms with E-state index < -0.39 is 5.97 Å². The fraction of sp³-hybridized carbons (Fsp3) is 0.333. The van der Waals surface area contributed by atoms with Crippen LogP contribution in [0, 0.1) is 5.92 Å². The van der Waals surface area contributed by atoms with Gasteiger partial charge in [0.25, 0.3) is 0 Å². The van der Waals surface area contributed by atoms with Crippen molar-refractivity contribution >= 4 is 17.6 Å². The van der Waals surface area contributed by atoms with E-state index in [-0.39, 0.29) is 17.4 Å². The van der Waals surface area contributed by atoms with Gasteiger partial charge in [0.2, 0.25) is 5.91 Å². The SMILES string of the molecule is O=C(O)c1ccccc1NC(=O)C1CCC1. The summed E-state index contributed by atoms with van der Waals surface area (Å²) >= 11 is 0. The number of carbonyl (C=O) groups is 2. The summed E-state index contributed by atoms with van der Waals surface area (Å²) in [6, 6.07) is 6.45. The highest BCUT2D eigenvalue weighted by Gasteiger charge is 2.25. The van der Waals surface area contributed by atoms with Gasteiger partial charge in [0.15, 0.2) is 0 Å². The van der Waals surface area contributed by atoms with Gasteiger partial charge < -0.3 is 10.4 Å². The summed E-state index contributed by atoms with van der Waals surface area (Å²) in [6.07, 6.45) is 2.89. The van der Waals surface area contributed by atoms with E-state index >= 15 is 0 Å². The first-order valence-corrected chi connectivity index (χ1v) is 5.31. The second-order valence-corrected chi connectivity index (χ2v) is 3.97. The lowest BCUT2D eigenvalue weighted by atomic mass is 9.85. The van der Waals surface area contributed by atoms with Gasteiger partial charge in [0.1, 0.15) is 0 Å². The lowest BCUT2D eigenvalue weighted by Crippen LogP contribution is -2.28. The Labute approximate surface area is 93.3 Å². The van der Waals surface area contributed by atoms with E-state index in [1.807, 2.05) is 0 Å². The Kier molecular flexibility index (Phi) is 2.90. The van der Waals surface area contributed by atoms with Gasteiger partial charge >= 0.3 is 5.97 Å². The Morgan fingerprint density at radius 3 is 2.50 bits per heavy atom. The molecule has 0 saturated heterocycles. The van der Waals surface area contributed by atoms with Crippen molar-refractivity contribution in [3.63, 3.8) is 0 Å². The molecule has 1 aliphatic rings. The summed E-state index contributed by atoms with van der Waals surface area (Å²) in [6.45, 7) is 0. The number of anilines is 1. The highest BCUT2D eigenvalue weighted by Crippen LogP contribution is 2.28. The van der Waals surface area contributed by atoms with Crippen LogP contribution in [-0.4, -0.2) is 17.0 Å². The summed E-state index contributed by atoms with van der Waals surface area (Å²) in [5.41, 5.74) is 0.516. The van der Waals surface area contributed by atoms with E-state index in [4.69, 9.17) is 5.11 Å². The third-order valence-corrected chi connectivity index (χ3v) is 2.89. The molecular weight excluding hydrogens is 206 g/mol. The summed E-state index contributed by atoms with van der Waals surface area (Å²) in [4.78, 5) is 22.6. The zero-order valence-corrected chi connectivity index (χ0v) is 8.77. The van der Waals surface area contributed by atoms with Gasteiger partial charge in [-0.2, -0.15) is 0 Å². The highest BCUT2D eigenvalue weighted by molar-refractivity contribution is 6.01. The quantitative estimate of drug-likeness (QED) is 0.818. The molecule has 84 valence electrons. The number of carbonyl (C=O) groups excluding carboxylic acids is 1. The smallest absolute Gasteiger partial charge is 0.337 e. The van der Waals surface area contributed by atoms with Crippen LogP contribution >= 0.6 is 0 Å². The van der Waals surface area contributed by atoms with Crippen molar-refractivity contribution in [1.82, 2.24) is 0 Å². The molecule has 1 aromatic carbocycles. The van der Waals surface area contributed by atoms with Crippen LogP contribution in [0.15, 0.2) is 24.3 Å². The third-order valence-electron chi connectivity index (χ3n) is 2.89. The number of para-hydroxylation sites is 1. The van der Waals surface area contributed by atoms with Crippen molar-refractivity contribution in [2.45, 2.75) is 19.3 Å². The second kappa shape index (κ2) is 4.35. The highest BCUT2D eigenvalue weighted by atomic mass is 16.4. The Hall–Kier alpha value is -1.84. The normalized spacial score (nSPS) is 15.2. The molecule has 1 saturated carbocycles. The number of hydrogen-bond acceptors (Lipinski definition) is 2. The molecule has 4 nitrogen and oxygen atoms in total. The lowest BCUT2D eigenvalue weighted by Gasteiger charge is -2.24. The fourth-order valence-electron chi connectivity index (χ4n) is 1.68. The molecule has 0 aromatic heterocycles. The van der Waals surface area contributed by atoms with E-state index in [0.29, 0.717) is 5.69 Å². The number of benzene rings is 1. The van der Waals surface area contributed by atoms with Crippen LogP contribution < -0.4 is 5.32 Å². The maximum Gasteiger partial charge on any atom is 0.337 e. The predicted octanol–water partition coefficient (Wildman–Crippen LogP) is 2.12. The molecule has 0 unspecified atom stereocenters. The molecule has 4 heteroatoms. The van der Waals surface area contributed by atoms with Crippen LogP contribution in [0.25, 0.3) is 0 Å². The molecule has 0 atom stereocenters. The summed E-state index contributed by atoms with van der Waals surface area (Å²) in [7, 11) is 0. The molecule has 0 spiro atoms. The van der Waals surface area contributed by atoms with E-state index in [1.54, 1.807) is 18.2 Å². The maximum atomic E-state index is 11.7. The predicted molar refractivity (Wildman–Crippen MR) is 59.4 cm³/mol. The van der Waals surface area contributed by atoms with Gasteiger partial charge in [-0.05, 0) is 25.0 Å². The third kappa shape index (κ3) is 2.05. The van der Waals surface area contributed by atoms with Crippen LogP contribution in [0.4, 0.5) is 5.69 Å². The van der Waals surface area contributed by atoms with E-state index in [1.165, 1.54) is 6.07 Å². The van der Waals surface area contributed by atoms with Gasteiger partial charge in [0.05, 0.1) is 11.3 Å². The molecule has 1 aromatic rings. The van der Waals surface area contributed by atoms with Crippen molar-refractivity contribution in [2.75, 3.05) is 5.32 Å². The standard InChI is InChI=1S/C12H13NO3/c14-11(8-4-3-5-8)13-10-7-2-1-6-9(10)12(15)16/h1-2,6-8H,3-5H2,(H,13,14)(H,15,16). The van der Waals surface area contributed by atoms with E-state index in [9.17, 15) is 9.59 Å². The number of nitrogens with one attached hydrogen (secondary N) is 1. The molecule has 0 bridgehead atoms. The van der Waals surface area contributed by atoms with Gasteiger partial charge in [-0.1, -0.05) is 18.6 Å². The molecule has 16 heavy (non-hydrogen) atoms. The summed E-state index contributed by atoms with van der Waals surface area (Å²) in [5.74, 6) is -1.04. The average Bonchev–Trinajstić information content (AvgIpc) is 2.15. The van der Waals surface area contributed by atoms with Crippen LogP contribution in [0.5, 0.6) is 0 Å². The van der Waals surface area contributed by atoms with Crippen LogP contribution in [0.1, 0.15) is 29.6 Å². The molecule has 0 radical (unpaired) electrons. The van der Waals surface area contributed by atoms with Crippen LogP contribution in [0.3, 0.4) is 0 Å². The monoisotopic (exact) mass is 219 g/mol. The fourth-order valence-corrected chi connectivity index (χ4v) is 1.68. The Balaban J connectivity index is 2.13. The summed E-state index contributed by atoms with van der Waals surface area (Å²) in [5, 5.41) is 11.6. The topological polar surface area (TPSA) is 66.4 Å². The minimum atomic E-state index is -1.02. The first-order chi connectivity index (χ1) is 7.68. The van der Waals surface area contributed by atoms with Gasteiger partial charge in [0, 0.05) is 5.92 Å². The largest absolute Gasteiger partial charge is 0.478 e. The van der Waals surface area contributed by atoms with E-state index in [0.717, 1.165) is 19.3 Å². The number of aromatic carboxylic acids is 1. The molecule has 1 amide bonds. The zero-order valence-electron chi connectivity index (χ0n) is 8.77. The van der Waals surface area contributed by atoms with Crippen molar-refractivity contribution in [1.29, 1.82) is 0 Å². The Morgan fingerprint density at radius 1 is 1.25 bits per heavy atom. The number of rotatable bonds is 3. The molecule has 1 fully saturated rings. The molecule has 0 aliphatic heterocycles. The molecule has 2 rings (SSSR count). The van der Waals surface area contributed by atoms with Crippen molar-refractivity contribution in [3.8, 4) is 0 Å². The van der Waals surface area contributed by atoms with Crippen molar-refractivity contribution in [2.24, 2.45) is 5.92 Å². The number of carboxylic acid groups (broad SMARTS) is 1. The first kappa shape index (κ1) is 10.7. The number of carboxylic acids is 1. The molecule has 2 N–H and O–H groups in total. The van der Waals surface area contributed by atoms with Crippen LogP contribution in [0.2, 0.25) is 0 Å². The van der Waals surface area contributed by atoms with Gasteiger partial charge in [-0.25, -0.2) is 4.79 Å². The molecule has 1 aliphatic carbocycles. The first-order valence-electron chi connectivity index (χ1n) is 5.31. The van der Waals surface area contributed by atoms with Crippen LogP contribution in [-0.2, 0) is 4.79 Å².